The Morgan fingerprint density at radius 3 is 2.94 bits per heavy atom. The van der Waals surface area contributed by atoms with Gasteiger partial charge in [-0.2, -0.15) is 0 Å². The minimum absolute atomic E-state index is 0.189. The highest BCUT2D eigenvalue weighted by atomic mass is 19.1. The molecule has 0 amide bonds. The molecule has 0 bridgehead atoms. The minimum Gasteiger partial charge on any atom is -0.469 e. The van der Waals surface area contributed by atoms with E-state index >= 15 is 0 Å². The van der Waals surface area contributed by atoms with Crippen molar-refractivity contribution >= 4 is 0 Å². The van der Waals surface area contributed by atoms with Crippen molar-refractivity contribution < 1.29 is 8.81 Å². The van der Waals surface area contributed by atoms with Gasteiger partial charge in [-0.15, -0.1) is 0 Å². The second-order valence-corrected chi connectivity index (χ2v) is 4.28. The molecule has 2 aromatic rings. The molecule has 0 aliphatic heterocycles. The predicted octanol–water partition coefficient (Wildman–Crippen LogP) is 3.21. The molecular formula is C14H17FN2O. The molecule has 1 N–H and O–H groups in total. The van der Waals surface area contributed by atoms with Gasteiger partial charge in [-0.3, -0.25) is 4.98 Å². The third kappa shape index (κ3) is 2.76. The highest BCUT2D eigenvalue weighted by Gasteiger charge is 2.18. The summed E-state index contributed by atoms with van der Waals surface area (Å²) in [5.41, 5.74) is 1.53. The maximum atomic E-state index is 13.8. The van der Waals surface area contributed by atoms with Crippen molar-refractivity contribution in [1.82, 2.24) is 10.3 Å². The quantitative estimate of drug-likeness (QED) is 0.883. The Morgan fingerprint density at radius 2 is 2.33 bits per heavy atom. The largest absolute Gasteiger partial charge is 0.469 e. The summed E-state index contributed by atoms with van der Waals surface area (Å²) < 4.78 is 19.1. The van der Waals surface area contributed by atoms with Crippen molar-refractivity contribution in [3.63, 3.8) is 0 Å². The molecule has 0 fully saturated rings. The van der Waals surface area contributed by atoms with Crippen LogP contribution < -0.4 is 5.32 Å². The highest BCUT2D eigenvalue weighted by molar-refractivity contribution is 5.30. The van der Waals surface area contributed by atoms with E-state index in [1.165, 1.54) is 6.20 Å². The second-order valence-electron chi connectivity index (χ2n) is 4.28. The number of furan rings is 1. The number of aryl methyl sites for hydroxylation is 1. The highest BCUT2D eigenvalue weighted by Crippen LogP contribution is 2.25. The smallest absolute Gasteiger partial charge is 0.146 e. The lowest BCUT2D eigenvalue weighted by Gasteiger charge is -2.17. The van der Waals surface area contributed by atoms with Gasteiger partial charge in [-0.1, -0.05) is 6.92 Å². The molecule has 2 aromatic heterocycles. The first-order valence-corrected chi connectivity index (χ1v) is 6.10. The Kier molecular flexibility index (Phi) is 4.10. The van der Waals surface area contributed by atoms with Crippen LogP contribution in [0, 0.1) is 12.7 Å². The molecule has 0 spiro atoms. The van der Waals surface area contributed by atoms with Gasteiger partial charge < -0.3 is 9.73 Å². The van der Waals surface area contributed by atoms with Crippen LogP contribution in [0.3, 0.4) is 0 Å². The number of rotatable bonds is 5. The molecule has 1 unspecified atom stereocenters. The molecule has 4 heteroatoms. The van der Waals surface area contributed by atoms with E-state index in [9.17, 15) is 4.39 Å². The fourth-order valence-corrected chi connectivity index (χ4v) is 1.93. The zero-order chi connectivity index (χ0) is 13.0. The first-order chi connectivity index (χ1) is 8.72. The molecule has 2 rings (SSSR count). The van der Waals surface area contributed by atoms with Gasteiger partial charge >= 0.3 is 0 Å². The molecule has 0 saturated carbocycles. The summed E-state index contributed by atoms with van der Waals surface area (Å²) in [6.45, 7) is 4.77. The Morgan fingerprint density at radius 1 is 1.50 bits per heavy atom. The van der Waals surface area contributed by atoms with Crippen LogP contribution in [0.25, 0.3) is 0 Å². The van der Waals surface area contributed by atoms with E-state index in [-0.39, 0.29) is 11.9 Å². The van der Waals surface area contributed by atoms with Crippen molar-refractivity contribution in [3.8, 4) is 0 Å². The third-order valence-corrected chi connectivity index (χ3v) is 2.80. The lowest BCUT2D eigenvalue weighted by Crippen LogP contribution is -2.23. The Labute approximate surface area is 106 Å². The molecule has 1 atom stereocenters. The van der Waals surface area contributed by atoms with Gasteiger partial charge in [0, 0.05) is 17.3 Å². The zero-order valence-electron chi connectivity index (χ0n) is 10.6. The van der Waals surface area contributed by atoms with E-state index in [4.69, 9.17) is 4.42 Å². The number of pyridine rings is 1. The van der Waals surface area contributed by atoms with Gasteiger partial charge in [-0.25, -0.2) is 4.39 Å². The average Bonchev–Trinajstić information content (AvgIpc) is 2.78. The maximum Gasteiger partial charge on any atom is 0.146 e. The topological polar surface area (TPSA) is 38.1 Å². The summed E-state index contributed by atoms with van der Waals surface area (Å²) in [5.74, 6) is 0.521. The number of nitrogens with zero attached hydrogens (tertiary/aromatic N) is 1. The molecule has 96 valence electrons. The number of halogens is 1. The third-order valence-electron chi connectivity index (χ3n) is 2.80. The van der Waals surface area contributed by atoms with Crippen molar-refractivity contribution in [2.75, 3.05) is 6.54 Å². The van der Waals surface area contributed by atoms with Gasteiger partial charge in [0.1, 0.15) is 11.6 Å². The fraction of sp³-hybridized carbons (Fsp3) is 0.357. The van der Waals surface area contributed by atoms with Crippen molar-refractivity contribution in [3.05, 3.63) is 53.5 Å². The molecule has 18 heavy (non-hydrogen) atoms. The average molecular weight is 248 g/mol. The predicted molar refractivity (Wildman–Crippen MR) is 67.8 cm³/mol. The fourth-order valence-electron chi connectivity index (χ4n) is 1.93. The normalized spacial score (nSPS) is 12.6. The first-order valence-electron chi connectivity index (χ1n) is 6.10. The van der Waals surface area contributed by atoms with Crippen molar-refractivity contribution in [2.45, 2.75) is 26.3 Å². The van der Waals surface area contributed by atoms with E-state index in [1.54, 1.807) is 18.5 Å². The summed E-state index contributed by atoms with van der Waals surface area (Å²) >= 11 is 0. The molecule has 2 heterocycles. The van der Waals surface area contributed by atoms with Crippen LogP contribution >= 0.6 is 0 Å². The SMILES string of the molecule is CCCNC(c1coc(C)c1)c1ccncc1F. The van der Waals surface area contributed by atoms with Crippen molar-refractivity contribution in [2.24, 2.45) is 0 Å². The Hall–Kier alpha value is -1.68. The number of aromatic nitrogens is 1. The van der Waals surface area contributed by atoms with E-state index < -0.39 is 0 Å². The molecule has 0 aliphatic carbocycles. The summed E-state index contributed by atoms with van der Waals surface area (Å²) in [5, 5.41) is 3.33. The van der Waals surface area contributed by atoms with Crippen LogP contribution in [0.4, 0.5) is 4.39 Å². The standard InChI is InChI=1S/C14H17FN2O/c1-3-5-17-14(11-7-10(2)18-9-11)12-4-6-16-8-13(12)15/h4,6-9,14,17H,3,5H2,1-2H3. The molecule has 0 aromatic carbocycles. The first kappa shape index (κ1) is 12.8. The molecule has 0 aliphatic rings. The van der Waals surface area contributed by atoms with Crippen LogP contribution in [-0.4, -0.2) is 11.5 Å². The summed E-state index contributed by atoms with van der Waals surface area (Å²) in [6.07, 6.45) is 5.50. The molecule has 0 radical (unpaired) electrons. The Balaban J connectivity index is 2.33. The number of nitrogens with one attached hydrogen (secondary N) is 1. The lowest BCUT2D eigenvalue weighted by molar-refractivity contribution is 0.515. The van der Waals surface area contributed by atoms with E-state index in [2.05, 4.69) is 17.2 Å². The van der Waals surface area contributed by atoms with Crippen molar-refractivity contribution in [1.29, 1.82) is 0 Å². The van der Waals surface area contributed by atoms with Crippen LogP contribution in [0.15, 0.2) is 35.2 Å². The molecule has 3 nitrogen and oxygen atoms in total. The summed E-state index contributed by atoms with van der Waals surface area (Å²) in [7, 11) is 0. The van der Waals surface area contributed by atoms with Gasteiger partial charge in [-0.05, 0) is 32.0 Å². The summed E-state index contributed by atoms with van der Waals surface area (Å²) in [6, 6.07) is 3.43. The molecule has 0 saturated heterocycles. The van der Waals surface area contributed by atoms with Crippen LogP contribution in [-0.2, 0) is 0 Å². The van der Waals surface area contributed by atoms with Gasteiger partial charge in [0.15, 0.2) is 0 Å². The van der Waals surface area contributed by atoms with Crippen LogP contribution in [0.1, 0.15) is 36.3 Å². The number of hydrogen-bond donors (Lipinski definition) is 1. The van der Waals surface area contributed by atoms with Crippen LogP contribution in [0.2, 0.25) is 0 Å². The monoisotopic (exact) mass is 248 g/mol. The van der Waals surface area contributed by atoms with Gasteiger partial charge in [0.25, 0.3) is 0 Å². The van der Waals surface area contributed by atoms with Gasteiger partial charge in [0.05, 0.1) is 18.5 Å². The molecular weight excluding hydrogens is 231 g/mol. The lowest BCUT2D eigenvalue weighted by atomic mass is 10.0. The Bertz CT molecular complexity index is 510. The minimum atomic E-state index is -0.301. The van der Waals surface area contributed by atoms with E-state index in [0.29, 0.717) is 5.56 Å². The summed E-state index contributed by atoms with van der Waals surface area (Å²) in [4.78, 5) is 3.78. The zero-order valence-corrected chi connectivity index (χ0v) is 10.6. The maximum absolute atomic E-state index is 13.8. The van der Waals surface area contributed by atoms with Crippen LogP contribution in [0.5, 0.6) is 0 Å². The van der Waals surface area contributed by atoms with E-state index in [0.717, 1.165) is 24.3 Å². The van der Waals surface area contributed by atoms with Gasteiger partial charge in [0.2, 0.25) is 0 Å². The second kappa shape index (κ2) is 5.78. The van der Waals surface area contributed by atoms with E-state index in [1.807, 2.05) is 13.0 Å². The number of hydrogen-bond acceptors (Lipinski definition) is 3.